The molecule has 4 aromatic rings. The van der Waals surface area contributed by atoms with Gasteiger partial charge in [-0.15, -0.1) is 0 Å². The molecule has 0 saturated heterocycles. The molecule has 29 heavy (non-hydrogen) atoms. The number of aromatic nitrogens is 1. The van der Waals surface area contributed by atoms with E-state index >= 15 is 0 Å². The molecule has 0 aliphatic rings. The van der Waals surface area contributed by atoms with Crippen molar-refractivity contribution in [2.75, 3.05) is 5.32 Å². The third kappa shape index (κ3) is 3.92. The van der Waals surface area contributed by atoms with Crippen LogP contribution in [0.1, 0.15) is 10.4 Å². The lowest BCUT2D eigenvalue weighted by atomic mass is 10.2. The minimum absolute atomic E-state index is 0.0188. The first-order valence-corrected chi connectivity index (χ1v) is 9.27. The third-order valence-electron chi connectivity index (χ3n) is 4.06. The monoisotopic (exact) mass is 452 g/mol. The van der Waals surface area contributed by atoms with E-state index < -0.39 is 17.5 Å². The number of anilines is 1. The topological polar surface area (TPSA) is 55.1 Å². The van der Waals surface area contributed by atoms with Crippen molar-refractivity contribution in [3.05, 3.63) is 80.8 Å². The number of rotatable bonds is 3. The van der Waals surface area contributed by atoms with Crippen molar-refractivity contribution in [3.8, 4) is 11.5 Å². The fraction of sp³-hybridized carbons (Fsp3) is 0. The number of hydrogen-bond acceptors (Lipinski definition) is 3. The van der Waals surface area contributed by atoms with Gasteiger partial charge in [0, 0.05) is 10.7 Å². The van der Waals surface area contributed by atoms with Gasteiger partial charge in [-0.25, -0.2) is 13.8 Å². The predicted octanol–water partition coefficient (Wildman–Crippen LogP) is 6.99. The average molecular weight is 454 g/mol. The number of nitrogens with zero attached hydrogens (tertiary/aromatic N) is 1. The van der Waals surface area contributed by atoms with Gasteiger partial charge in [0.15, 0.2) is 17.2 Å². The zero-order chi connectivity index (χ0) is 20.7. The Balaban J connectivity index is 1.66. The average Bonchev–Trinajstić information content (AvgIpc) is 3.09. The van der Waals surface area contributed by atoms with E-state index in [0.717, 1.165) is 12.1 Å². The smallest absolute Gasteiger partial charge is 0.257 e. The molecule has 0 bridgehead atoms. The van der Waals surface area contributed by atoms with Crippen molar-refractivity contribution in [2.24, 2.45) is 0 Å². The minimum atomic E-state index is -1.07. The van der Waals surface area contributed by atoms with Gasteiger partial charge in [-0.2, -0.15) is 0 Å². The molecule has 0 fully saturated rings. The van der Waals surface area contributed by atoms with Gasteiger partial charge in [0.1, 0.15) is 5.52 Å². The molecule has 146 valence electrons. The Labute approximate surface area is 178 Å². The molecule has 4 nitrogen and oxygen atoms in total. The van der Waals surface area contributed by atoms with Crippen LogP contribution in [-0.4, -0.2) is 10.9 Å². The summed E-state index contributed by atoms with van der Waals surface area (Å²) >= 11 is 17.9. The van der Waals surface area contributed by atoms with Crippen LogP contribution in [0, 0.1) is 11.6 Å². The number of hydrogen-bond donors (Lipinski definition) is 1. The van der Waals surface area contributed by atoms with Gasteiger partial charge < -0.3 is 9.73 Å². The maximum atomic E-state index is 13.6. The largest absolute Gasteiger partial charge is 0.436 e. The molecule has 0 aliphatic carbocycles. The lowest BCUT2D eigenvalue weighted by Crippen LogP contribution is -2.12. The van der Waals surface area contributed by atoms with Crippen LogP contribution in [0.5, 0.6) is 0 Å². The summed E-state index contributed by atoms with van der Waals surface area (Å²) < 4.78 is 32.4. The van der Waals surface area contributed by atoms with Gasteiger partial charge in [0.05, 0.1) is 21.2 Å². The second-order valence-electron chi connectivity index (χ2n) is 6.03. The summed E-state index contributed by atoms with van der Waals surface area (Å²) in [5.74, 6) is -2.58. The maximum Gasteiger partial charge on any atom is 0.257 e. The zero-order valence-corrected chi connectivity index (χ0v) is 16.5. The number of carbonyl (C=O) groups excluding carboxylic acids is 1. The number of benzene rings is 3. The highest BCUT2D eigenvalue weighted by atomic mass is 35.5. The summed E-state index contributed by atoms with van der Waals surface area (Å²) in [5, 5.41) is 3.28. The summed E-state index contributed by atoms with van der Waals surface area (Å²) in [7, 11) is 0. The van der Waals surface area contributed by atoms with Crippen molar-refractivity contribution in [1.82, 2.24) is 4.98 Å². The maximum absolute atomic E-state index is 13.6. The van der Waals surface area contributed by atoms with Crippen LogP contribution < -0.4 is 5.32 Å². The summed E-state index contributed by atoms with van der Waals surface area (Å²) in [4.78, 5) is 16.7. The molecule has 1 N–H and O–H groups in total. The zero-order valence-electron chi connectivity index (χ0n) is 14.3. The van der Waals surface area contributed by atoms with E-state index in [0.29, 0.717) is 21.8 Å². The van der Waals surface area contributed by atoms with Crippen molar-refractivity contribution in [3.63, 3.8) is 0 Å². The van der Waals surface area contributed by atoms with Crippen LogP contribution >= 0.6 is 34.8 Å². The molecule has 0 atom stereocenters. The third-order valence-corrected chi connectivity index (χ3v) is 4.94. The lowest BCUT2D eigenvalue weighted by molar-refractivity contribution is 0.102. The van der Waals surface area contributed by atoms with E-state index in [1.54, 1.807) is 24.3 Å². The predicted molar refractivity (Wildman–Crippen MR) is 109 cm³/mol. The first-order chi connectivity index (χ1) is 13.8. The summed E-state index contributed by atoms with van der Waals surface area (Å²) in [5.41, 5.74) is 1.51. The van der Waals surface area contributed by atoms with Gasteiger partial charge in [-0.1, -0.05) is 34.8 Å². The molecule has 1 amide bonds. The van der Waals surface area contributed by atoms with Crippen LogP contribution in [0.15, 0.2) is 52.9 Å². The molecular weight excluding hydrogens is 445 g/mol. The van der Waals surface area contributed by atoms with Gasteiger partial charge in [-0.05, 0) is 48.5 Å². The Morgan fingerprint density at radius 2 is 1.69 bits per heavy atom. The Morgan fingerprint density at radius 3 is 2.48 bits per heavy atom. The molecular formula is C20H9Cl3F2N2O2. The SMILES string of the molecule is O=C(Nc1ccc2oc(-c3cc(F)c(F)cc3Cl)nc2c1)c1cc(Cl)ccc1Cl. The van der Waals surface area contributed by atoms with Crippen LogP contribution in [0.25, 0.3) is 22.6 Å². The van der Waals surface area contributed by atoms with E-state index in [1.165, 1.54) is 12.1 Å². The normalized spacial score (nSPS) is 11.1. The highest BCUT2D eigenvalue weighted by Crippen LogP contribution is 2.32. The Hall–Kier alpha value is -2.67. The van der Waals surface area contributed by atoms with E-state index in [9.17, 15) is 13.6 Å². The van der Waals surface area contributed by atoms with Crippen LogP contribution in [0.2, 0.25) is 15.1 Å². The van der Waals surface area contributed by atoms with Crippen molar-refractivity contribution in [1.29, 1.82) is 0 Å². The summed E-state index contributed by atoms with van der Waals surface area (Å²) in [6, 6.07) is 11.1. The minimum Gasteiger partial charge on any atom is -0.436 e. The second-order valence-corrected chi connectivity index (χ2v) is 7.28. The molecule has 9 heteroatoms. The fourth-order valence-corrected chi connectivity index (χ4v) is 3.28. The summed E-state index contributed by atoms with van der Waals surface area (Å²) in [6.45, 7) is 0. The van der Waals surface area contributed by atoms with E-state index in [-0.39, 0.29) is 27.1 Å². The Bertz CT molecular complexity index is 1270. The molecule has 1 heterocycles. The lowest BCUT2D eigenvalue weighted by Gasteiger charge is -2.07. The van der Waals surface area contributed by atoms with Gasteiger partial charge >= 0.3 is 0 Å². The highest BCUT2D eigenvalue weighted by Gasteiger charge is 2.17. The number of fused-ring (bicyclic) bond motifs is 1. The van der Waals surface area contributed by atoms with Crippen LogP contribution in [-0.2, 0) is 0 Å². The van der Waals surface area contributed by atoms with Gasteiger partial charge in [-0.3, -0.25) is 4.79 Å². The first-order valence-electron chi connectivity index (χ1n) is 8.14. The van der Waals surface area contributed by atoms with Gasteiger partial charge in [0.25, 0.3) is 5.91 Å². The molecule has 0 spiro atoms. The molecule has 0 radical (unpaired) electrons. The van der Waals surface area contributed by atoms with Crippen molar-refractivity contribution >= 4 is 57.5 Å². The van der Waals surface area contributed by atoms with E-state index in [1.807, 2.05) is 0 Å². The highest BCUT2D eigenvalue weighted by molar-refractivity contribution is 6.36. The van der Waals surface area contributed by atoms with Crippen LogP contribution in [0.3, 0.4) is 0 Å². The molecule has 0 aliphatic heterocycles. The van der Waals surface area contributed by atoms with E-state index in [4.69, 9.17) is 39.2 Å². The van der Waals surface area contributed by atoms with E-state index in [2.05, 4.69) is 10.3 Å². The molecule has 0 unspecified atom stereocenters. The number of oxazole rings is 1. The quantitative estimate of drug-likeness (QED) is 0.340. The molecule has 3 aromatic carbocycles. The second kappa shape index (κ2) is 7.63. The molecule has 1 aromatic heterocycles. The first kappa shape index (κ1) is 19.6. The number of amides is 1. The van der Waals surface area contributed by atoms with Gasteiger partial charge in [0.2, 0.25) is 5.89 Å². The Morgan fingerprint density at radius 1 is 0.931 bits per heavy atom. The fourth-order valence-electron chi connectivity index (χ4n) is 2.68. The number of nitrogens with one attached hydrogen (secondary N) is 1. The number of carbonyl (C=O) groups is 1. The molecule has 4 rings (SSSR count). The van der Waals surface area contributed by atoms with Crippen LogP contribution in [0.4, 0.5) is 14.5 Å². The number of halogens is 5. The Kier molecular flexibility index (Phi) is 5.17. The van der Waals surface area contributed by atoms with Crippen molar-refractivity contribution in [2.45, 2.75) is 0 Å². The standard InChI is InChI=1S/C20H9Cl3F2N2O2/c21-9-1-3-13(22)11(5-9)19(28)26-10-2-4-18-17(6-10)27-20(29-18)12-7-15(24)16(25)8-14(12)23/h1-8H,(H,26,28). The molecule has 0 saturated carbocycles. The van der Waals surface area contributed by atoms with Crippen molar-refractivity contribution < 1.29 is 18.0 Å². The summed E-state index contributed by atoms with van der Waals surface area (Å²) in [6.07, 6.45) is 0.